The lowest BCUT2D eigenvalue weighted by Gasteiger charge is -2.29. The molecule has 3 N–H and O–H groups in total. The van der Waals surface area contributed by atoms with Gasteiger partial charge in [0.2, 0.25) is 23.6 Å². The van der Waals surface area contributed by atoms with Crippen molar-refractivity contribution in [1.82, 2.24) is 20.1 Å². The number of likely N-dealkylation sites (tertiary alicyclic amines) is 2. The Morgan fingerprint density at radius 3 is 2.08 bits per heavy atom. The third kappa shape index (κ3) is 9.03. The lowest BCUT2D eigenvalue weighted by atomic mass is 10.0. The van der Waals surface area contributed by atoms with Crippen molar-refractivity contribution in [2.45, 2.75) is 57.2 Å². The van der Waals surface area contributed by atoms with Crippen molar-refractivity contribution in [3.63, 3.8) is 0 Å². The van der Waals surface area contributed by atoms with Crippen LogP contribution < -0.4 is 20.7 Å². The van der Waals surface area contributed by atoms with Crippen molar-refractivity contribution >= 4 is 63.3 Å². The highest BCUT2D eigenvalue weighted by atomic mass is 35.5. The van der Waals surface area contributed by atoms with Crippen LogP contribution in [0, 0.1) is 0 Å². The van der Waals surface area contributed by atoms with Gasteiger partial charge in [0.05, 0.1) is 7.11 Å². The van der Waals surface area contributed by atoms with Crippen molar-refractivity contribution in [3.05, 3.63) is 132 Å². The molecule has 0 unspecified atom stereocenters. The number of furan rings is 1. The van der Waals surface area contributed by atoms with Crippen LogP contribution in [-0.2, 0) is 19.2 Å². The van der Waals surface area contributed by atoms with E-state index in [2.05, 4.69) is 20.9 Å². The van der Waals surface area contributed by atoms with Crippen LogP contribution in [0.25, 0.3) is 33.4 Å². The number of nitrogens with one attached hydrogen (secondary N) is 3. The second-order valence-corrected chi connectivity index (χ2v) is 15.8. The molecule has 6 aromatic rings. The van der Waals surface area contributed by atoms with Gasteiger partial charge in [0.1, 0.15) is 40.2 Å². The van der Waals surface area contributed by atoms with Gasteiger partial charge in [-0.05, 0) is 104 Å². The molecule has 13 nitrogen and oxygen atoms in total. The second-order valence-electron chi connectivity index (χ2n) is 15.4. The summed E-state index contributed by atoms with van der Waals surface area (Å²) in [6, 6.07) is 32.7. The van der Waals surface area contributed by atoms with E-state index in [-0.39, 0.29) is 52.8 Å². The summed E-state index contributed by atoms with van der Waals surface area (Å²) in [6.07, 6.45) is 2.78. The van der Waals surface area contributed by atoms with E-state index >= 15 is 0 Å². The van der Waals surface area contributed by atoms with Crippen LogP contribution in [0.5, 0.6) is 5.75 Å². The molecule has 14 heteroatoms. The number of methoxy groups -OCH3 is 1. The Bertz CT molecular complexity index is 2630. The molecule has 2 aromatic heterocycles. The predicted octanol–water partition coefficient (Wildman–Crippen LogP) is 8.26. The number of rotatable bonds is 12. The third-order valence-electron chi connectivity index (χ3n) is 11.3. The van der Waals surface area contributed by atoms with E-state index in [1.807, 2.05) is 66.7 Å². The van der Waals surface area contributed by atoms with Gasteiger partial charge in [-0.2, -0.15) is 0 Å². The quantitative estimate of drug-likeness (QED) is 0.104. The molecule has 0 bridgehead atoms. The van der Waals surface area contributed by atoms with Gasteiger partial charge in [-0.3, -0.25) is 24.0 Å². The SMILES string of the molecule is COc1cccc2c(C(=O)N3CCC[C@H]3C(=O)Nc3ccc(-c4ccc(-c5ccc(NC(=O)C[C@@H]6CCCN6C(=O)[C@H](NC(C)=O)c6ccccc6)cc5)o4)cc3)nc(Cl)cc12. The second kappa shape index (κ2) is 18.3. The number of halogens is 1. The number of fused-ring (bicyclic) bond motifs is 1. The third-order valence-corrected chi connectivity index (χ3v) is 11.5. The minimum Gasteiger partial charge on any atom is -0.496 e. The Kier molecular flexibility index (Phi) is 12.3. The van der Waals surface area contributed by atoms with Crippen molar-refractivity contribution < 1.29 is 33.1 Å². The average Bonchev–Trinajstić information content (AvgIpc) is 4.08. The number of benzene rings is 4. The van der Waals surface area contributed by atoms with Gasteiger partial charge in [0.25, 0.3) is 5.91 Å². The summed E-state index contributed by atoms with van der Waals surface area (Å²) in [5, 5.41) is 10.1. The predicted molar refractivity (Wildman–Crippen MR) is 237 cm³/mol. The molecule has 8 rings (SSSR count). The van der Waals surface area contributed by atoms with Gasteiger partial charge in [-0.1, -0.05) is 54.1 Å². The van der Waals surface area contributed by atoms with Gasteiger partial charge < -0.3 is 34.9 Å². The van der Waals surface area contributed by atoms with Crippen LogP contribution >= 0.6 is 11.6 Å². The standard InChI is InChI=1S/C48H45ClN6O7/c1-29(56)50-44(32-9-4-3-5-10-32)47(59)54-25-7-11-35(54)27-43(57)51-33-19-15-30(16-20-33)39-23-24-40(62-39)31-17-21-34(22-18-31)52-46(58)38-13-8-26-55(38)48(60)45-36-12-6-14-41(61-2)37(36)28-42(49)53-45/h3-6,9-10,12,14-24,28,35,38,44H,7-8,11,13,25-27H2,1-2H3,(H,50,56)(H,51,57)(H,52,58)/t35-,38-,44+/m0/s1. The highest BCUT2D eigenvalue weighted by Crippen LogP contribution is 2.33. The summed E-state index contributed by atoms with van der Waals surface area (Å²) in [6.45, 7) is 2.31. The monoisotopic (exact) mass is 852 g/mol. The summed E-state index contributed by atoms with van der Waals surface area (Å²) in [7, 11) is 1.55. The van der Waals surface area contributed by atoms with Crippen LogP contribution in [0.4, 0.5) is 11.4 Å². The van der Waals surface area contributed by atoms with E-state index in [1.54, 1.807) is 65.4 Å². The van der Waals surface area contributed by atoms with Crippen LogP contribution in [0.2, 0.25) is 5.15 Å². The molecule has 2 aliphatic heterocycles. The normalized spacial score (nSPS) is 16.5. The first-order valence-corrected chi connectivity index (χ1v) is 20.9. The smallest absolute Gasteiger partial charge is 0.273 e. The molecular weight excluding hydrogens is 808 g/mol. The van der Waals surface area contributed by atoms with Crippen LogP contribution in [0.3, 0.4) is 0 Å². The fourth-order valence-electron chi connectivity index (χ4n) is 8.35. The molecule has 2 fully saturated rings. The molecule has 316 valence electrons. The molecule has 62 heavy (non-hydrogen) atoms. The number of hydrogen-bond donors (Lipinski definition) is 3. The largest absolute Gasteiger partial charge is 0.496 e. The number of nitrogens with zero attached hydrogens (tertiary/aromatic N) is 3. The van der Waals surface area contributed by atoms with E-state index in [1.165, 1.54) is 6.92 Å². The molecule has 2 aliphatic rings. The Morgan fingerprint density at radius 1 is 0.774 bits per heavy atom. The highest BCUT2D eigenvalue weighted by molar-refractivity contribution is 6.30. The zero-order valence-electron chi connectivity index (χ0n) is 34.2. The maximum Gasteiger partial charge on any atom is 0.273 e. The first kappa shape index (κ1) is 41.7. The number of anilines is 2. The number of carbonyl (C=O) groups is 5. The highest BCUT2D eigenvalue weighted by Gasteiger charge is 2.37. The molecule has 3 atom stereocenters. The van der Waals surface area contributed by atoms with E-state index in [9.17, 15) is 24.0 Å². The number of amides is 5. The average molecular weight is 853 g/mol. The number of ether oxygens (including phenoxy) is 1. The minimum absolute atomic E-state index is 0.132. The first-order valence-electron chi connectivity index (χ1n) is 20.5. The number of aromatic nitrogens is 1. The fraction of sp³-hybridized carbons (Fsp3) is 0.250. The van der Waals surface area contributed by atoms with E-state index in [0.717, 1.165) is 17.5 Å². The van der Waals surface area contributed by atoms with Crippen LogP contribution in [0.15, 0.2) is 120 Å². The Hall–Kier alpha value is -6.99. The van der Waals surface area contributed by atoms with Gasteiger partial charge in [0.15, 0.2) is 0 Å². The van der Waals surface area contributed by atoms with Gasteiger partial charge in [-0.25, -0.2) is 4.98 Å². The zero-order valence-corrected chi connectivity index (χ0v) is 35.0. The fourth-order valence-corrected chi connectivity index (χ4v) is 8.55. The molecule has 5 amide bonds. The van der Waals surface area contributed by atoms with E-state index in [0.29, 0.717) is 77.3 Å². The Morgan fingerprint density at radius 2 is 1.42 bits per heavy atom. The number of pyridine rings is 1. The van der Waals surface area contributed by atoms with Crippen LogP contribution in [-0.4, -0.2) is 76.6 Å². The molecule has 4 heterocycles. The topological polar surface area (TPSA) is 163 Å². The summed E-state index contributed by atoms with van der Waals surface area (Å²) >= 11 is 6.33. The maximum atomic E-state index is 13.8. The molecule has 2 saturated heterocycles. The molecule has 0 aliphatic carbocycles. The van der Waals surface area contributed by atoms with E-state index in [4.69, 9.17) is 20.8 Å². The van der Waals surface area contributed by atoms with Crippen molar-refractivity contribution in [2.24, 2.45) is 0 Å². The Labute approximate surface area is 363 Å². The number of carbonyl (C=O) groups excluding carboxylic acids is 5. The van der Waals surface area contributed by atoms with Gasteiger partial charge in [-0.15, -0.1) is 0 Å². The molecular formula is C48H45ClN6O7. The van der Waals surface area contributed by atoms with Crippen LogP contribution in [0.1, 0.15) is 61.1 Å². The first-order chi connectivity index (χ1) is 30.1. The summed E-state index contributed by atoms with van der Waals surface area (Å²) in [5.74, 6) is 0.432. The summed E-state index contributed by atoms with van der Waals surface area (Å²) < 4.78 is 11.7. The molecule has 4 aromatic carbocycles. The lowest BCUT2D eigenvalue weighted by Crippen LogP contribution is -2.45. The molecule has 0 radical (unpaired) electrons. The summed E-state index contributed by atoms with van der Waals surface area (Å²) in [5.41, 5.74) is 3.67. The van der Waals surface area contributed by atoms with Crippen molar-refractivity contribution in [2.75, 3.05) is 30.8 Å². The maximum absolute atomic E-state index is 13.8. The van der Waals surface area contributed by atoms with Crippen molar-refractivity contribution in [1.29, 1.82) is 0 Å². The Balaban J connectivity index is 0.862. The zero-order chi connectivity index (χ0) is 43.3. The number of hydrogen-bond acceptors (Lipinski definition) is 8. The van der Waals surface area contributed by atoms with Crippen molar-refractivity contribution in [3.8, 4) is 28.4 Å². The van der Waals surface area contributed by atoms with E-state index < -0.39 is 12.1 Å². The molecule has 0 saturated carbocycles. The lowest BCUT2D eigenvalue weighted by molar-refractivity contribution is -0.137. The summed E-state index contributed by atoms with van der Waals surface area (Å²) in [4.78, 5) is 73.9. The minimum atomic E-state index is -0.819. The van der Waals surface area contributed by atoms with Gasteiger partial charge >= 0.3 is 0 Å². The molecule has 0 spiro atoms. The van der Waals surface area contributed by atoms with Gasteiger partial charge in [0, 0.05) is 65.8 Å².